The van der Waals surface area contributed by atoms with Gasteiger partial charge in [-0.15, -0.1) is 6.58 Å². The van der Waals surface area contributed by atoms with Gasteiger partial charge in [0, 0.05) is 6.42 Å². The van der Waals surface area contributed by atoms with Gasteiger partial charge in [0.2, 0.25) is 0 Å². The smallest absolute Gasteiger partial charge is 0.0792 e. The average molecular weight is 209 g/mol. The molecule has 3 heteroatoms. The lowest BCUT2D eigenvalue weighted by Crippen LogP contribution is -3.00. The summed E-state index contributed by atoms with van der Waals surface area (Å²) in [6, 6.07) is 0. The highest BCUT2D eigenvalue weighted by Gasteiger charge is 2.03. The first-order chi connectivity index (χ1) is 5.29. The third kappa shape index (κ3) is 48.3. The summed E-state index contributed by atoms with van der Waals surface area (Å²) in [5, 5.41) is 0. The van der Waals surface area contributed by atoms with Gasteiger partial charge in [-0.1, -0.05) is 5.57 Å². The van der Waals surface area contributed by atoms with E-state index in [1.165, 1.54) is 12.1 Å². The standard InChI is InChI=1S/C6H17N2.C4H8.ClH/c1-8(2,3)6-4-5-7;1-4(2)3;/h4-7H2,1-3H3;1H2,2-3H3;1H/q+1;;/p-1. The summed E-state index contributed by atoms with van der Waals surface area (Å²) < 4.78 is 1.02. The molecule has 0 amide bonds. The van der Waals surface area contributed by atoms with Crippen LogP contribution < -0.4 is 18.1 Å². The van der Waals surface area contributed by atoms with Crippen LogP contribution in [-0.2, 0) is 0 Å². The third-order valence-corrected chi connectivity index (χ3v) is 1.03. The van der Waals surface area contributed by atoms with E-state index in [1.54, 1.807) is 0 Å². The van der Waals surface area contributed by atoms with Gasteiger partial charge < -0.3 is 22.6 Å². The minimum atomic E-state index is 0. The predicted octanol–water partition coefficient (Wildman–Crippen LogP) is -1.37. The van der Waals surface area contributed by atoms with Crippen molar-refractivity contribution in [3.8, 4) is 0 Å². The molecule has 0 unspecified atom stereocenters. The maximum absolute atomic E-state index is 5.33. The number of nitrogens with zero attached hydrogens (tertiary/aromatic N) is 1. The molecule has 0 rings (SSSR count). The van der Waals surface area contributed by atoms with Gasteiger partial charge >= 0.3 is 0 Å². The number of hydrogen-bond acceptors (Lipinski definition) is 1. The van der Waals surface area contributed by atoms with E-state index in [-0.39, 0.29) is 12.4 Å². The quantitative estimate of drug-likeness (QED) is 0.450. The van der Waals surface area contributed by atoms with E-state index in [1.807, 2.05) is 13.8 Å². The average Bonchev–Trinajstić information content (AvgIpc) is 1.80. The number of rotatable bonds is 3. The lowest BCUT2D eigenvalue weighted by atomic mass is 10.4. The highest BCUT2D eigenvalue weighted by Crippen LogP contribution is 1.90. The molecule has 0 aliphatic heterocycles. The molecule has 13 heavy (non-hydrogen) atoms. The second-order valence-corrected chi connectivity index (χ2v) is 4.36. The largest absolute Gasteiger partial charge is 1.00 e. The molecule has 0 aliphatic carbocycles. The summed E-state index contributed by atoms with van der Waals surface area (Å²) in [5.74, 6) is 0. The molecule has 0 aromatic rings. The van der Waals surface area contributed by atoms with Crippen molar-refractivity contribution in [3.05, 3.63) is 12.2 Å². The van der Waals surface area contributed by atoms with Crippen molar-refractivity contribution in [1.82, 2.24) is 0 Å². The third-order valence-electron chi connectivity index (χ3n) is 1.03. The second-order valence-electron chi connectivity index (χ2n) is 4.36. The Bertz CT molecular complexity index is 113. The molecule has 0 radical (unpaired) electrons. The number of halogens is 1. The lowest BCUT2D eigenvalue weighted by Gasteiger charge is -2.23. The summed E-state index contributed by atoms with van der Waals surface area (Å²) in [6.07, 6.45) is 1.13. The SMILES string of the molecule is C=C(C)C.C[N+](C)(C)CCCN.[Cl-]. The Morgan fingerprint density at radius 3 is 1.62 bits per heavy atom. The van der Waals surface area contributed by atoms with Crippen molar-refractivity contribution in [1.29, 1.82) is 0 Å². The van der Waals surface area contributed by atoms with Crippen LogP contribution in [0.15, 0.2) is 12.2 Å². The van der Waals surface area contributed by atoms with E-state index in [0.29, 0.717) is 0 Å². The van der Waals surface area contributed by atoms with Crippen LogP contribution in [0.5, 0.6) is 0 Å². The van der Waals surface area contributed by atoms with Crippen molar-refractivity contribution in [2.45, 2.75) is 20.3 Å². The molecule has 0 spiro atoms. The molecule has 0 bridgehead atoms. The van der Waals surface area contributed by atoms with Gasteiger partial charge in [-0.3, -0.25) is 0 Å². The topological polar surface area (TPSA) is 26.0 Å². The van der Waals surface area contributed by atoms with Crippen LogP contribution >= 0.6 is 0 Å². The molecule has 0 aromatic carbocycles. The summed E-state index contributed by atoms with van der Waals surface area (Å²) in [6.45, 7) is 9.49. The molecular weight excluding hydrogens is 184 g/mol. The molecule has 2 N–H and O–H groups in total. The van der Waals surface area contributed by atoms with Gasteiger partial charge in [-0.25, -0.2) is 0 Å². The molecule has 0 aliphatic rings. The first-order valence-electron chi connectivity index (χ1n) is 4.42. The van der Waals surface area contributed by atoms with Crippen molar-refractivity contribution >= 4 is 0 Å². The Balaban J connectivity index is -0.000000173. The fraction of sp³-hybridized carbons (Fsp3) is 0.800. The molecule has 0 atom stereocenters. The molecule has 0 aromatic heterocycles. The van der Waals surface area contributed by atoms with Gasteiger partial charge in [-0.05, 0) is 20.4 Å². The van der Waals surface area contributed by atoms with E-state index in [0.717, 1.165) is 17.4 Å². The lowest BCUT2D eigenvalue weighted by molar-refractivity contribution is -0.870. The molecule has 0 saturated carbocycles. The zero-order valence-corrected chi connectivity index (χ0v) is 10.5. The highest BCUT2D eigenvalue weighted by molar-refractivity contribution is 4.78. The van der Waals surface area contributed by atoms with Crippen LogP contribution in [0.2, 0.25) is 0 Å². The number of allylic oxidation sites excluding steroid dienone is 1. The Kier molecular flexibility index (Phi) is 14.4. The molecule has 0 heterocycles. The zero-order valence-electron chi connectivity index (χ0n) is 9.73. The van der Waals surface area contributed by atoms with Crippen LogP contribution in [0.25, 0.3) is 0 Å². The van der Waals surface area contributed by atoms with Crippen LogP contribution in [0.4, 0.5) is 0 Å². The fourth-order valence-electron chi connectivity index (χ4n) is 0.566. The van der Waals surface area contributed by atoms with E-state index in [4.69, 9.17) is 5.73 Å². The number of nitrogens with two attached hydrogens (primary N) is 1. The van der Waals surface area contributed by atoms with Gasteiger partial charge in [0.1, 0.15) is 0 Å². The predicted molar refractivity (Wildman–Crippen MR) is 57.1 cm³/mol. The Labute approximate surface area is 89.8 Å². The summed E-state index contributed by atoms with van der Waals surface area (Å²) in [4.78, 5) is 0. The van der Waals surface area contributed by atoms with Crippen molar-refractivity contribution in [2.75, 3.05) is 34.2 Å². The van der Waals surface area contributed by atoms with Crippen molar-refractivity contribution < 1.29 is 16.9 Å². The molecular formula is C10H25ClN2. The fourth-order valence-corrected chi connectivity index (χ4v) is 0.566. The highest BCUT2D eigenvalue weighted by atomic mass is 35.5. The molecule has 2 nitrogen and oxygen atoms in total. The summed E-state index contributed by atoms with van der Waals surface area (Å²) in [7, 11) is 6.53. The van der Waals surface area contributed by atoms with Gasteiger partial charge in [-0.2, -0.15) is 0 Å². The van der Waals surface area contributed by atoms with E-state index >= 15 is 0 Å². The molecule has 82 valence electrons. The first-order valence-corrected chi connectivity index (χ1v) is 4.42. The molecule has 0 fully saturated rings. The minimum absolute atomic E-state index is 0. The summed E-state index contributed by atoms with van der Waals surface area (Å²) in [5.41, 5.74) is 6.49. The number of hydrogen-bond donors (Lipinski definition) is 1. The normalized spacial score (nSPS) is 9.38. The minimum Gasteiger partial charge on any atom is -1.00 e. The van der Waals surface area contributed by atoms with Gasteiger partial charge in [0.05, 0.1) is 27.7 Å². The maximum atomic E-state index is 5.33. The Morgan fingerprint density at radius 2 is 1.54 bits per heavy atom. The number of quaternary nitrogens is 1. The second kappa shape index (κ2) is 10.0. The van der Waals surface area contributed by atoms with Crippen LogP contribution in [-0.4, -0.2) is 38.7 Å². The van der Waals surface area contributed by atoms with Gasteiger partial charge in [0.25, 0.3) is 0 Å². The van der Waals surface area contributed by atoms with Crippen LogP contribution in [0, 0.1) is 0 Å². The van der Waals surface area contributed by atoms with Crippen LogP contribution in [0.1, 0.15) is 20.3 Å². The van der Waals surface area contributed by atoms with E-state index in [9.17, 15) is 0 Å². The first kappa shape index (κ1) is 18.7. The van der Waals surface area contributed by atoms with E-state index in [2.05, 4.69) is 27.7 Å². The monoisotopic (exact) mass is 208 g/mol. The van der Waals surface area contributed by atoms with E-state index < -0.39 is 0 Å². The van der Waals surface area contributed by atoms with Crippen LogP contribution in [0.3, 0.4) is 0 Å². The summed E-state index contributed by atoms with van der Waals surface area (Å²) >= 11 is 0. The van der Waals surface area contributed by atoms with Crippen molar-refractivity contribution in [3.63, 3.8) is 0 Å². The zero-order chi connectivity index (χ0) is 10.2. The Morgan fingerprint density at radius 1 is 1.23 bits per heavy atom. The van der Waals surface area contributed by atoms with Crippen molar-refractivity contribution in [2.24, 2.45) is 5.73 Å². The maximum Gasteiger partial charge on any atom is 0.0792 e. The molecule has 0 saturated heterocycles. The van der Waals surface area contributed by atoms with Gasteiger partial charge in [0.15, 0.2) is 0 Å². The Hall–Kier alpha value is -0.0500.